The summed E-state index contributed by atoms with van der Waals surface area (Å²) in [7, 11) is 0. The van der Waals surface area contributed by atoms with Crippen molar-refractivity contribution in [3.05, 3.63) is 51.3 Å². The third kappa shape index (κ3) is 3.14. The third-order valence-electron chi connectivity index (χ3n) is 2.39. The van der Waals surface area contributed by atoms with Crippen LogP contribution in [0.15, 0.2) is 36.4 Å². The fourth-order valence-electron chi connectivity index (χ4n) is 1.49. The second kappa shape index (κ2) is 5.43. The molecule has 0 bridgehead atoms. The molecule has 0 aliphatic heterocycles. The summed E-state index contributed by atoms with van der Waals surface area (Å²) < 4.78 is 19.9. The average Bonchev–Trinajstić information content (AvgIpc) is 2.32. The summed E-state index contributed by atoms with van der Waals surface area (Å²) in [4.78, 5) is 10.9. The zero-order valence-electron chi connectivity index (χ0n) is 9.69. The summed E-state index contributed by atoms with van der Waals surface area (Å²) in [6.07, 6.45) is 0. The van der Waals surface area contributed by atoms with Crippen molar-refractivity contribution in [3.8, 4) is 11.5 Å². The summed E-state index contributed by atoms with van der Waals surface area (Å²) in [6, 6.07) is 9.01. The monoisotopic (exact) mass is 372 g/mol. The molecule has 4 N–H and O–H groups in total. The van der Waals surface area contributed by atoms with Gasteiger partial charge in [0.15, 0.2) is 0 Å². The lowest BCUT2D eigenvalue weighted by Crippen LogP contribution is -2.12. The molecular formula is C13H10FIN2O2. The predicted molar refractivity (Wildman–Crippen MR) is 78.6 cm³/mol. The Morgan fingerprint density at radius 1 is 1.21 bits per heavy atom. The highest BCUT2D eigenvalue weighted by Gasteiger charge is 2.10. The van der Waals surface area contributed by atoms with Gasteiger partial charge in [0.1, 0.15) is 17.3 Å². The van der Waals surface area contributed by atoms with E-state index in [1.807, 2.05) is 0 Å². The Labute approximate surface area is 122 Å². The van der Waals surface area contributed by atoms with Crippen molar-refractivity contribution in [1.29, 1.82) is 0 Å². The number of anilines is 1. The van der Waals surface area contributed by atoms with Crippen LogP contribution in [-0.4, -0.2) is 5.91 Å². The number of carbonyl (C=O) groups excluding carboxylic acids is 1. The Kier molecular flexibility index (Phi) is 3.89. The zero-order valence-corrected chi connectivity index (χ0v) is 11.8. The molecule has 1 amide bonds. The lowest BCUT2D eigenvalue weighted by molar-refractivity contribution is 0.0996. The number of hydrogen-bond donors (Lipinski definition) is 2. The van der Waals surface area contributed by atoms with Gasteiger partial charge in [-0.3, -0.25) is 4.79 Å². The van der Waals surface area contributed by atoms with Gasteiger partial charge in [0.05, 0.1) is 9.13 Å². The van der Waals surface area contributed by atoms with Gasteiger partial charge in [-0.2, -0.15) is 0 Å². The van der Waals surface area contributed by atoms with E-state index in [0.717, 1.165) is 9.64 Å². The van der Waals surface area contributed by atoms with Crippen molar-refractivity contribution in [2.45, 2.75) is 0 Å². The Morgan fingerprint density at radius 3 is 2.53 bits per heavy atom. The maximum absolute atomic E-state index is 13.6. The largest absolute Gasteiger partial charge is 0.456 e. The van der Waals surface area contributed by atoms with E-state index in [-0.39, 0.29) is 11.3 Å². The smallest absolute Gasteiger partial charge is 0.251 e. The first-order valence-corrected chi connectivity index (χ1v) is 6.37. The van der Waals surface area contributed by atoms with Crippen molar-refractivity contribution in [1.82, 2.24) is 0 Å². The Hall–Kier alpha value is -1.83. The SMILES string of the molecule is NC(=O)c1ccc(Oc2ccc(N)cc2I)cc1F. The van der Waals surface area contributed by atoms with Gasteiger partial charge in [-0.1, -0.05) is 0 Å². The minimum Gasteiger partial charge on any atom is -0.456 e. The second-order valence-electron chi connectivity index (χ2n) is 3.80. The van der Waals surface area contributed by atoms with Crippen molar-refractivity contribution in [2.75, 3.05) is 5.73 Å². The summed E-state index contributed by atoms with van der Waals surface area (Å²) in [5, 5.41) is 0. The number of hydrogen-bond acceptors (Lipinski definition) is 3. The molecule has 4 nitrogen and oxygen atoms in total. The first kappa shape index (κ1) is 13.6. The number of amides is 1. The lowest BCUT2D eigenvalue weighted by atomic mass is 10.2. The van der Waals surface area contributed by atoms with E-state index in [4.69, 9.17) is 16.2 Å². The molecule has 0 radical (unpaired) electrons. The van der Waals surface area contributed by atoms with Crippen LogP contribution in [-0.2, 0) is 0 Å². The van der Waals surface area contributed by atoms with Crippen molar-refractivity contribution >= 4 is 34.2 Å². The predicted octanol–water partition coefficient (Wildman–Crippen LogP) is 2.90. The third-order valence-corrected chi connectivity index (χ3v) is 3.23. The Balaban J connectivity index is 2.29. The van der Waals surface area contributed by atoms with Gasteiger partial charge in [0.2, 0.25) is 0 Å². The maximum atomic E-state index is 13.6. The van der Waals surface area contributed by atoms with Crippen LogP contribution in [0, 0.1) is 9.39 Å². The minimum absolute atomic E-state index is 0.167. The first-order valence-electron chi connectivity index (χ1n) is 5.29. The van der Waals surface area contributed by atoms with Crippen LogP contribution in [0.25, 0.3) is 0 Å². The van der Waals surface area contributed by atoms with E-state index in [1.54, 1.807) is 18.2 Å². The number of carbonyl (C=O) groups is 1. The van der Waals surface area contributed by atoms with E-state index in [2.05, 4.69) is 22.6 Å². The molecule has 0 saturated heterocycles. The van der Waals surface area contributed by atoms with Crippen molar-refractivity contribution < 1.29 is 13.9 Å². The highest BCUT2D eigenvalue weighted by atomic mass is 127. The molecule has 0 aliphatic rings. The molecule has 0 unspecified atom stereocenters. The molecule has 0 aliphatic carbocycles. The fourth-order valence-corrected chi connectivity index (χ4v) is 2.14. The molecule has 0 fully saturated rings. The van der Waals surface area contributed by atoms with Crippen LogP contribution in [0.3, 0.4) is 0 Å². The van der Waals surface area contributed by atoms with Crippen LogP contribution < -0.4 is 16.2 Å². The number of primary amides is 1. The van der Waals surface area contributed by atoms with Crippen LogP contribution in [0.5, 0.6) is 11.5 Å². The van der Waals surface area contributed by atoms with Crippen LogP contribution in [0.2, 0.25) is 0 Å². The van der Waals surface area contributed by atoms with Gasteiger partial charge in [-0.15, -0.1) is 0 Å². The number of ether oxygens (including phenoxy) is 1. The molecule has 98 valence electrons. The van der Waals surface area contributed by atoms with Gasteiger partial charge < -0.3 is 16.2 Å². The van der Waals surface area contributed by atoms with Crippen molar-refractivity contribution in [2.24, 2.45) is 5.73 Å². The van der Waals surface area contributed by atoms with Crippen LogP contribution in [0.4, 0.5) is 10.1 Å². The van der Waals surface area contributed by atoms with Gasteiger partial charge in [-0.25, -0.2) is 4.39 Å². The molecule has 19 heavy (non-hydrogen) atoms. The molecule has 2 aromatic rings. The molecular weight excluding hydrogens is 362 g/mol. The highest BCUT2D eigenvalue weighted by molar-refractivity contribution is 14.1. The second-order valence-corrected chi connectivity index (χ2v) is 4.96. The molecule has 0 spiro atoms. The Morgan fingerprint density at radius 2 is 1.95 bits per heavy atom. The Bertz CT molecular complexity index is 647. The zero-order chi connectivity index (χ0) is 14.0. The summed E-state index contributed by atoms with van der Waals surface area (Å²) in [5.41, 5.74) is 11.1. The standard InChI is InChI=1S/C13H10FIN2O2/c14-10-6-8(2-3-9(10)13(17)18)19-12-4-1-7(16)5-11(12)15/h1-6H,16H2,(H2,17,18). The molecule has 6 heteroatoms. The normalized spacial score (nSPS) is 10.2. The van der Waals surface area contributed by atoms with E-state index < -0.39 is 11.7 Å². The van der Waals surface area contributed by atoms with E-state index in [0.29, 0.717) is 11.4 Å². The number of nitrogen functional groups attached to an aromatic ring is 1. The topological polar surface area (TPSA) is 78.3 Å². The van der Waals surface area contributed by atoms with E-state index in [9.17, 15) is 9.18 Å². The average molecular weight is 372 g/mol. The first-order chi connectivity index (χ1) is 8.97. The number of rotatable bonds is 3. The highest BCUT2D eigenvalue weighted by Crippen LogP contribution is 2.29. The minimum atomic E-state index is -0.814. The maximum Gasteiger partial charge on any atom is 0.251 e. The molecule has 0 heterocycles. The number of benzene rings is 2. The summed E-state index contributed by atoms with van der Waals surface area (Å²) in [5.74, 6) is -0.687. The summed E-state index contributed by atoms with van der Waals surface area (Å²) >= 11 is 2.07. The number of nitrogens with two attached hydrogens (primary N) is 2. The summed E-state index contributed by atoms with van der Waals surface area (Å²) in [6.45, 7) is 0. The molecule has 0 aromatic heterocycles. The fraction of sp³-hybridized carbons (Fsp3) is 0. The molecule has 2 aromatic carbocycles. The lowest BCUT2D eigenvalue weighted by Gasteiger charge is -2.09. The number of halogens is 2. The van der Waals surface area contributed by atoms with Crippen molar-refractivity contribution in [3.63, 3.8) is 0 Å². The molecule has 2 rings (SSSR count). The van der Waals surface area contributed by atoms with Gasteiger partial charge in [-0.05, 0) is 52.9 Å². The van der Waals surface area contributed by atoms with Gasteiger partial charge in [0.25, 0.3) is 5.91 Å². The molecule has 0 saturated carbocycles. The van der Waals surface area contributed by atoms with Crippen LogP contribution in [0.1, 0.15) is 10.4 Å². The van der Waals surface area contributed by atoms with E-state index in [1.165, 1.54) is 12.1 Å². The van der Waals surface area contributed by atoms with E-state index >= 15 is 0 Å². The molecule has 0 atom stereocenters. The quantitative estimate of drug-likeness (QED) is 0.643. The van der Waals surface area contributed by atoms with Crippen LogP contribution >= 0.6 is 22.6 Å². The van der Waals surface area contributed by atoms with Gasteiger partial charge >= 0.3 is 0 Å². The van der Waals surface area contributed by atoms with Gasteiger partial charge in [0, 0.05) is 11.8 Å².